The number of aromatic nitrogens is 3. The Morgan fingerprint density at radius 2 is 2.11 bits per heavy atom. The molecule has 1 aromatic heterocycles. The average Bonchev–Trinajstić information content (AvgIpc) is 2.30. The van der Waals surface area contributed by atoms with Crippen molar-refractivity contribution in [1.29, 1.82) is 0 Å². The third-order valence-electron chi connectivity index (χ3n) is 2.05. The zero-order valence-electron chi connectivity index (χ0n) is 9.32. The van der Waals surface area contributed by atoms with Gasteiger partial charge in [0.05, 0.1) is 12.8 Å². The van der Waals surface area contributed by atoms with Gasteiger partial charge >= 0.3 is 0 Å². The maximum atomic E-state index is 5.70. The third kappa shape index (κ3) is 2.99. The van der Waals surface area contributed by atoms with E-state index < -0.39 is 0 Å². The quantitative estimate of drug-likeness (QED) is 0.899. The number of nitrogen functional groups attached to an aromatic ring is 1. The van der Waals surface area contributed by atoms with Crippen molar-refractivity contribution in [2.45, 2.75) is 0 Å². The topological polar surface area (TPSA) is 86.0 Å². The molecule has 0 aliphatic carbocycles. The van der Waals surface area contributed by atoms with Crippen molar-refractivity contribution in [3.63, 3.8) is 0 Å². The molecule has 0 unspecified atom stereocenters. The Hall–Kier alpha value is -1.60. The second-order valence-corrected chi connectivity index (χ2v) is 4.45. The first-order chi connectivity index (χ1) is 8.58. The summed E-state index contributed by atoms with van der Waals surface area (Å²) in [4.78, 5) is 11.5. The number of benzene rings is 1. The first-order valence-corrected chi connectivity index (χ1v) is 6.03. The molecule has 0 bridgehead atoms. The first kappa shape index (κ1) is 12.8. The van der Waals surface area contributed by atoms with Gasteiger partial charge in [-0.2, -0.15) is 15.0 Å². The number of nitrogens with two attached hydrogens (primary N) is 1. The van der Waals surface area contributed by atoms with Crippen LogP contribution in [0.3, 0.4) is 0 Å². The molecule has 6 nitrogen and oxygen atoms in total. The number of hydrogen-bond acceptors (Lipinski definition) is 6. The lowest BCUT2D eigenvalue weighted by molar-refractivity contribution is 0.415. The van der Waals surface area contributed by atoms with Crippen LogP contribution in [0.25, 0.3) is 0 Å². The molecular weight excluding hydrogens is 322 g/mol. The van der Waals surface area contributed by atoms with Gasteiger partial charge in [-0.1, -0.05) is 0 Å². The van der Waals surface area contributed by atoms with E-state index in [1.165, 1.54) is 0 Å². The number of methoxy groups -OCH3 is 1. The van der Waals surface area contributed by atoms with E-state index in [1.807, 2.05) is 12.1 Å². The van der Waals surface area contributed by atoms with Crippen molar-refractivity contribution < 1.29 is 4.74 Å². The number of anilines is 3. The van der Waals surface area contributed by atoms with Crippen LogP contribution < -0.4 is 15.8 Å². The Labute approximate surface area is 117 Å². The van der Waals surface area contributed by atoms with Crippen molar-refractivity contribution in [3.05, 3.63) is 28.0 Å². The van der Waals surface area contributed by atoms with Gasteiger partial charge in [0.15, 0.2) is 0 Å². The van der Waals surface area contributed by atoms with Crippen LogP contribution in [0.15, 0.2) is 22.7 Å². The molecule has 2 rings (SSSR count). The summed E-state index contributed by atoms with van der Waals surface area (Å²) < 4.78 is 5.96. The predicted octanol–water partition coefficient (Wildman–Crippen LogP) is 2.62. The standard InChI is InChI=1S/C10H9BrClN5O/c1-18-5-2-3-6(11)7(4-5)14-10-16-8(12)15-9(13)17-10/h2-4H,1H3,(H3,13,14,15,16,17). The summed E-state index contributed by atoms with van der Waals surface area (Å²) in [5.74, 6) is 1.02. The van der Waals surface area contributed by atoms with E-state index in [9.17, 15) is 0 Å². The van der Waals surface area contributed by atoms with E-state index >= 15 is 0 Å². The summed E-state index contributed by atoms with van der Waals surface area (Å²) in [5.41, 5.74) is 6.22. The van der Waals surface area contributed by atoms with Gasteiger partial charge in [0.1, 0.15) is 5.75 Å². The van der Waals surface area contributed by atoms with Gasteiger partial charge in [-0.25, -0.2) is 0 Å². The van der Waals surface area contributed by atoms with Gasteiger partial charge in [0.25, 0.3) is 0 Å². The summed E-state index contributed by atoms with van der Waals surface area (Å²) in [6.45, 7) is 0. The van der Waals surface area contributed by atoms with Crippen molar-refractivity contribution in [1.82, 2.24) is 15.0 Å². The van der Waals surface area contributed by atoms with Crippen LogP contribution in [0.1, 0.15) is 0 Å². The van der Waals surface area contributed by atoms with E-state index in [0.29, 0.717) is 5.75 Å². The molecule has 0 saturated carbocycles. The fourth-order valence-electron chi connectivity index (χ4n) is 1.27. The maximum Gasteiger partial charge on any atom is 0.233 e. The van der Waals surface area contributed by atoms with E-state index in [2.05, 4.69) is 36.2 Å². The Bertz CT molecular complexity index is 560. The van der Waals surface area contributed by atoms with Crippen LogP contribution in [0.4, 0.5) is 17.6 Å². The number of nitrogens with one attached hydrogen (secondary N) is 1. The van der Waals surface area contributed by atoms with Gasteiger partial charge in [0.2, 0.25) is 17.2 Å². The molecule has 0 aliphatic rings. The average molecular weight is 331 g/mol. The molecule has 0 amide bonds. The van der Waals surface area contributed by atoms with Gasteiger partial charge in [0, 0.05) is 10.5 Å². The summed E-state index contributed by atoms with van der Waals surface area (Å²) >= 11 is 9.10. The second kappa shape index (κ2) is 5.36. The lowest BCUT2D eigenvalue weighted by atomic mass is 10.3. The summed E-state index contributed by atoms with van der Waals surface area (Å²) in [7, 11) is 1.59. The first-order valence-electron chi connectivity index (χ1n) is 4.86. The largest absolute Gasteiger partial charge is 0.497 e. The molecule has 94 valence electrons. The molecule has 1 aromatic carbocycles. The number of ether oxygens (including phenoxy) is 1. The summed E-state index contributed by atoms with van der Waals surface area (Å²) in [6, 6.07) is 5.45. The minimum Gasteiger partial charge on any atom is -0.497 e. The van der Waals surface area contributed by atoms with Gasteiger partial charge < -0.3 is 15.8 Å². The monoisotopic (exact) mass is 329 g/mol. The molecule has 18 heavy (non-hydrogen) atoms. The van der Waals surface area contributed by atoms with E-state index in [4.69, 9.17) is 22.1 Å². The van der Waals surface area contributed by atoms with Gasteiger partial charge in [-0.05, 0) is 39.7 Å². The number of hydrogen-bond donors (Lipinski definition) is 2. The molecule has 3 N–H and O–H groups in total. The van der Waals surface area contributed by atoms with Gasteiger partial charge in [-0.15, -0.1) is 0 Å². The Morgan fingerprint density at radius 3 is 2.78 bits per heavy atom. The smallest absolute Gasteiger partial charge is 0.233 e. The lowest BCUT2D eigenvalue weighted by Gasteiger charge is -2.09. The predicted molar refractivity (Wildman–Crippen MR) is 73.2 cm³/mol. The number of rotatable bonds is 3. The fraction of sp³-hybridized carbons (Fsp3) is 0.100. The van der Waals surface area contributed by atoms with Crippen LogP contribution in [-0.2, 0) is 0 Å². The van der Waals surface area contributed by atoms with E-state index in [-0.39, 0.29) is 17.2 Å². The van der Waals surface area contributed by atoms with Crippen LogP contribution >= 0.6 is 27.5 Å². The van der Waals surface area contributed by atoms with Crippen molar-refractivity contribution in [2.24, 2.45) is 0 Å². The van der Waals surface area contributed by atoms with Crippen LogP contribution in [0.5, 0.6) is 5.75 Å². The highest BCUT2D eigenvalue weighted by molar-refractivity contribution is 9.10. The Kier molecular flexibility index (Phi) is 3.83. The van der Waals surface area contributed by atoms with Crippen LogP contribution in [-0.4, -0.2) is 22.1 Å². The molecule has 8 heteroatoms. The summed E-state index contributed by atoms with van der Waals surface area (Å²) in [5, 5.41) is 3.01. The molecule has 0 spiro atoms. The minimum atomic E-state index is 0.0315. The molecule has 0 atom stereocenters. The van der Waals surface area contributed by atoms with Crippen molar-refractivity contribution >= 4 is 45.1 Å². The lowest BCUT2D eigenvalue weighted by Crippen LogP contribution is -2.03. The zero-order valence-corrected chi connectivity index (χ0v) is 11.7. The highest BCUT2D eigenvalue weighted by Gasteiger charge is 2.06. The number of nitrogens with zero attached hydrogens (tertiary/aromatic N) is 3. The van der Waals surface area contributed by atoms with Gasteiger partial charge in [-0.3, -0.25) is 0 Å². The zero-order chi connectivity index (χ0) is 13.1. The second-order valence-electron chi connectivity index (χ2n) is 3.26. The van der Waals surface area contributed by atoms with Crippen LogP contribution in [0, 0.1) is 0 Å². The SMILES string of the molecule is COc1ccc(Br)c(Nc2nc(N)nc(Cl)n2)c1. The highest BCUT2D eigenvalue weighted by atomic mass is 79.9. The molecule has 0 radical (unpaired) electrons. The van der Waals surface area contributed by atoms with Crippen molar-refractivity contribution in [2.75, 3.05) is 18.2 Å². The molecule has 0 saturated heterocycles. The third-order valence-corrected chi connectivity index (χ3v) is 2.91. The van der Waals surface area contributed by atoms with Crippen molar-refractivity contribution in [3.8, 4) is 5.75 Å². The fourth-order valence-corrected chi connectivity index (χ4v) is 1.78. The minimum absolute atomic E-state index is 0.0315. The Morgan fingerprint density at radius 1 is 1.33 bits per heavy atom. The summed E-state index contributed by atoms with van der Waals surface area (Å²) in [6.07, 6.45) is 0. The molecule has 0 aliphatic heterocycles. The molecule has 2 aromatic rings. The maximum absolute atomic E-state index is 5.70. The van der Waals surface area contributed by atoms with Crippen LogP contribution in [0.2, 0.25) is 5.28 Å². The molecular formula is C10H9BrClN5O. The molecule has 0 fully saturated rings. The van der Waals surface area contributed by atoms with E-state index in [0.717, 1.165) is 10.2 Å². The number of halogens is 2. The Balaban J connectivity index is 2.33. The normalized spacial score (nSPS) is 10.2. The van der Waals surface area contributed by atoms with E-state index in [1.54, 1.807) is 13.2 Å². The molecule has 1 heterocycles. The highest BCUT2D eigenvalue weighted by Crippen LogP contribution is 2.29.